The number of imide groups is 1. The summed E-state index contributed by atoms with van der Waals surface area (Å²) in [5, 5.41) is 8.32. The molecule has 2 fully saturated rings. The summed E-state index contributed by atoms with van der Waals surface area (Å²) in [5.41, 5.74) is 0. The van der Waals surface area contributed by atoms with Crippen LogP contribution in [0.15, 0.2) is 0 Å². The second-order valence-corrected chi connectivity index (χ2v) is 8.65. The number of hydrogen-bond donors (Lipinski definition) is 3. The molecule has 190 valence electrons. The van der Waals surface area contributed by atoms with E-state index in [1.165, 1.54) is 6.42 Å². The average molecular weight is 487 g/mol. The van der Waals surface area contributed by atoms with E-state index in [2.05, 4.69) is 34.7 Å². The molecule has 2 heterocycles. The summed E-state index contributed by atoms with van der Waals surface area (Å²) in [4.78, 5) is 77.2. The first-order valence-electron chi connectivity index (χ1n) is 11.8. The lowest BCUT2D eigenvalue weighted by molar-refractivity contribution is -0.197. The predicted molar refractivity (Wildman–Crippen MR) is 120 cm³/mol. The first kappa shape index (κ1) is 27.2. The molecule has 0 spiro atoms. The van der Waals surface area contributed by atoms with Crippen molar-refractivity contribution in [3.05, 3.63) is 0 Å². The first-order valence-corrected chi connectivity index (χ1v) is 11.8. The predicted octanol–water partition coefficient (Wildman–Crippen LogP) is -0.625. The highest BCUT2D eigenvalue weighted by Crippen LogP contribution is 2.21. The van der Waals surface area contributed by atoms with Gasteiger partial charge in [0.25, 0.3) is 11.8 Å². The Bertz CT molecular complexity index is 762. The molecule has 0 aromatic rings. The van der Waals surface area contributed by atoms with Crippen LogP contribution in [0.5, 0.6) is 0 Å². The van der Waals surface area contributed by atoms with Gasteiger partial charge in [0.1, 0.15) is 0 Å². The van der Waals surface area contributed by atoms with Gasteiger partial charge in [0, 0.05) is 57.4 Å². The van der Waals surface area contributed by atoms with Crippen molar-refractivity contribution in [1.82, 2.24) is 25.9 Å². The van der Waals surface area contributed by atoms with Crippen LogP contribution in [0.2, 0.25) is 0 Å². The van der Waals surface area contributed by atoms with Gasteiger partial charge in [-0.2, -0.15) is 0 Å². The monoisotopic (exact) mass is 486 g/mol. The normalized spacial score (nSPS) is 20.7. The second-order valence-electron chi connectivity index (χ2n) is 8.65. The Hall–Kier alpha value is -3.02. The van der Waals surface area contributed by atoms with Gasteiger partial charge in [-0.3, -0.25) is 28.9 Å². The molecule has 0 saturated carbocycles. The van der Waals surface area contributed by atoms with Crippen LogP contribution in [-0.4, -0.2) is 83.7 Å². The van der Waals surface area contributed by atoms with Gasteiger partial charge in [-0.1, -0.05) is 6.42 Å². The lowest BCUT2D eigenvalue weighted by atomic mass is 9.98. The van der Waals surface area contributed by atoms with Crippen molar-refractivity contribution >= 4 is 35.5 Å². The molecule has 2 aliphatic rings. The minimum absolute atomic E-state index is 0.0120. The van der Waals surface area contributed by atoms with Crippen molar-refractivity contribution in [1.29, 1.82) is 0 Å². The number of rotatable bonds is 12. The van der Waals surface area contributed by atoms with E-state index < -0.39 is 17.8 Å². The number of carbonyl (C=O) groups is 6. The molecule has 0 aromatic heterocycles. The maximum absolute atomic E-state index is 12.2. The van der Waals surface area contributed by atoms with Crippen molar-refractivity contribution in [2.24, 2.45) is 0 Å². The summed E-state index contributed by atoms with van der Waals surface area (Å²) in [6.07, 6.45) is 3.28. The molecule has 2 rings (SSSR count). The number of nitrogens with one attached hydrogen (secondary N) is 3. The Morgan fingerprint density at radius 2 is 1.26 bits per heavy atom. The van der Waals surface area contributed by atoms with Crippen molar-refractivity contribution in [3.8, 4) is 0 Å². The zero-order valence-electron chi connectivity index (χ0n) is 19.9. The van der Waals surface area contributed by atoms with E-state index in [1.54, 1.807) is 0 Å². The first-order chi connectivity index (χ1) is 16.2. The summed E-state index contributed by atoms with van der Waals surface area (Å²) < 4.78 is 0. The number of carbonyl (C=O) groups excluding carboxylic acids is 6. The quantitative estimate of drug-likeness (QED) is 0.187. The summed E-state index contributed by atoms with van der Waals surface area (Å²) in [6, 6.07) is 0.737. The third-order valence-electron chi connectivity index (χ3n) is 5.90. The van der Waals surface area contributed by atoms with E-state index in [1.807, 2.05) is 0 Å². The fraction of sp³-hybridized carbons (Fsp3) is 0.727. The fourth-order valence-electron chi connectivity index (χ4n) is 3.93. The molecule has 0 bridgehead atoms. The highest BCUT2D eigenvalue weighted by Gasteiger charge is 2.32. The number of amides is 5. The summed E-state index contributed by atoms with van der Waals surface area (Å²) >= 11 is 0. The Morgan fingerprint density at radius 1 is 0.794 bits per heavy atom. The Balaban J connectivity index is 1.49. The van der Waals surface area contributed by atoms with Gasteiger partial charge in [0.15, 0.2) is 0 Å². The lowest BCUT2D eigenvalue weighted by Gasteiger charge is -2.38. The number of nitrogens with zero attached hydrogens (tertiary/aromatic N) is 2. The van der Waals surface area contributed by atoms with Crippen LogP contribution in [0.25, 0.3) is 0 Å². The van der Waals surface area contributed by atoms with Gasteiger partial charge in [-0.15, -0.1) is 5.06 Å². The SMILES string of the molecule is CC1CCCC(C)N1C[13C](=O)N[13CH2][13CH2][13C](=O)[15NH]CCC(=O)NCCC(=O)ON1C(=O)CCC1=O. The van der Waals surface area contributed by atoms with E-state index in [0.717, 1.165) is 12.8 Å². The minimum Gasteiger partial charge on any atom is -0.356 e. The van der Waals surface area contributed by atoms with E-state index >= 15 is 0 Å². The summed E-state index contributed by atoms with van der Waals surface area (Å²) in [5.74, 6) is -2.70. The molecule has 2 unspecified atom stereocenters. The standard InChI is InChI=1S/C22H35N5O7/c1-15-4-3-5-16(2)26(15)14-19(30)25-12-9-17(28)23-11-8-18(29)24-13-10-22(33)34-27-20(31)6-7-21(27)32/h15-16H,3-14H2,1-2H3,(H,23,28)(H,24,29)(H,25,30)/i9+1,12+1,17+1,19+1,23+1. The number of piperidine rings is 1. The second kappa shape index (κ2) is 13.6. The molecule has 12 heteroatoms. The molecule has 2 atom stereocenters. The van der Waals surface area contributed by atoms with Crippen LogP contribution in [0.4, 0.5) is 0 Å². The molecule has 2 saturated heterocycles. The third kappa shape index (κ3) is 9.08. The molecule has 0 radical (unpaired) electrons. The maximum Gasteiger partial charge on any atom is 0.334 e. The zero-order chi connectivity index (χ0) is 25.1. The molecule has 34 heavy (non-hydrogen) atoms. The van der Waals surface area contributed by atoms with Crippen LogP contribution < -0.4 is 16.0 Å². The van der Waals surface area contributed by atoms with Crippen molar-refractivity contribution < 1.29 is 33.6 Å². The van der Waals surface area contributed by atoms with E-state index in [4.69, 9.17) is 4.84 Å². The number of likely N-dealkylation sites (tertiary alicyclic amines) is 1. The number of hydrogen-bond acceptors (Lipinski definition) is 8. The maximum atomic E-state index is 12.2. The molecule has 2 aliphatic heterocycles. The highest BCUT2D eigenvalue weighted by molar-refractivity contribution is 6.01. The van der Waals surface area contributed by atoms with Gasteiger partial charge >= 0.3 is 5.97 Å². The Morgan fingerprint density at radius 3 is 1.79 bits per heavy atom. The Kier molecular flexibility index (Phi) is 10.9. The third-order valence-corrected chi connectivity index (χ3v) is 5.90. The van der Waals surface area contributed by atoms with Crippen molar-refractivity contribution in [2.75, 3.05) is 26.2 Å². The van der Waals surface area contributed by atoms with Crippen LogP contribution >= 0.6 is 0 Å². The largest absolute Gasteiger partial charge is 0.356 e. The minimum atomic E-state index is -0.802. The molecule has 0 aliphatic carbocycles. The van der Waals surface area contributed by atoms with Gasteiger partial charge in [-0.05, 0) is 26.7 Å². The molecule has 12 nitrogen and oxygen atoms in total. The molecule has 3 N–H and O–H groups in total. The van der Waals surface area contributed by atoms with Crippen LogP contribution in [0.3, 0.4) is 0 Å². The van der Waals surface area contributed by atoms with Crippen molar-refractivity contribution in [2.45, 2.75) is 77.3 Å². The van der Waals surface area contributed by atoms with Crippen molar-refractivity contribution in [3.63, 3.8) is 0 Å². The van der Waals surface area contributed by atoms with Crippen LogP contribution in [-0.2, 0) is 33.6 Å². The fourth-order valence-corrected chi connectivity index (χ4v) is 3.93. The van der Waals surface area contributed by atoms with Gasteiger partial charge in [0.05, 0.1) is 13.0 Å². The average Bonchev–Trinajstić information content (AvgIpc) is 3.08. The summed E-state index contributed by atoms with van der Waals surface area (Å²) in [7, 11) is 0. The topological polar surface area (TPSA) is 154 Å². The van der Waals surface area contributed by atoms with E-state index in [0.29, 0.717) is 23.7 Å². The number of hydroxylamine groups is 2. The molecule has 5 amide bonds. The van der Waals surface area contributed by atoms with E-state index in [9.17, 15) is 28.8 Å². The van der Waals surface area contributed by atoms with Crippen LogP contribution in [0, 0.1) is 0 Å². The highest BCUT2D eigenvalue weighted by atomic mass is 16.7. The smallest absolute Gasteiger partial charge is 0.334 e. The van der Waals surface area contributed by atoms with Gasteiger partial charge < -0.3 is 20.8 Å². The molecular formula is C22H35N5O7. The Labute approximate surface area is 199 Å². The zero-order valence-corrected chi connectivity index (χ0v) is 19.9. The summed E-state index contributed by atoms with van der Waals surface area (Å²) in [6.45, 7) is 4.87. The van der Waals surface area contributed by atoms with E-state index in [-0.39, 0.29) is 69.5 Å². The van der Waals surface area contributed by atoms with Gasteiger partial charge in [-0.25, -0.2) is 4.79 Å². The lowest BCUT2D eigenvalue weighted by Crippen LogP contribution is -2.49. The van der Waals surface area contributed by atoms with Gasteiger partial charge in [0.2, 0.25) is 17.7 Å². The molecule has 0 aromatic carbocycles. The molecular weight excluding hydrogens is 451 g/mol. The van der Waals surface area contributed by atoms with Crippen LogP contribution in [0.1, 0.15) is 65.2 Å².